The lowest BCUT2D eigenvalue weighted by atomic mass is 10.0. The van der Waals surface area contributed by atoms with E-state index in [0.29, 0.717) is 0 Å². The number of halogens is 1. The lowest BCUT2D eigenvalue weighted by Gasteiger charge is -2.19. The highest BCUT2D eigenvalue weighted by Crippen LogP contribution is 2.23. The first-order valence-corrected chi connectivity index (χ1v) is 6.44. The van der Waals surface area contributed by atoms with Gasteiger partial charge in [0.25, 0.3) is 0 Å². The van der Waals surface area contributed by atoms with E-state index in [2.05, 4.69) is 12.2 Å². The van der Waals surface area contributed by atoms with Gasteiger partial charge in [0.1, 0.15) is 5.82 Å². The van der Waals surface area contributed by atoms with Crippen molar-refractivity contribution in [3.05, 3.63) is 65.5 Å². The molecule has 0 amide bonds. The first-order valence-electron chi connectivity index (χ1n) is 6.44. The van der Waals surface area contributed by atoms with Gasteiger partial charge in [-0.15, -0.1) is 0 Å². The molecule has 0 saturated carbocycles. The van der Waals surface area contributed by atoms with Gasteiger partial charge in [0.2, 0.25) is 0 Å². The Kier molecular flexibility index (Phi) is 4.53. The number of hydrogen-bond donors (Lipinski definition) is 2. The third-order valence-corrected chi connectivity index (χ3v) is 3.14. The number of aliphatic hydroxyl groups excluding tert-OH is 1. The molecule has 2 aromatic carbocycles. The van der Waals surface area contributed by atoms with Crippen LogP contribution < -0.4 is 5.32 Å². The maximum absolute atomic E-state index is 13.2. The molecule has 0 fully saturated rings. The van der Waals surface area contributed by atoms with E-state index in [1.54, 1.807) is 12.1 Å². The fourth-order valence-corrected chi connectivity index (χ4v) is 2.05. The zero-order valence-corrected chi connectivity index (χ0v) is 10.9. The van der Waals surface area contributed by atoms with Gasteiger partial charge in [-0.3, -0.25) is 0 Å². The van der Waals surface area contributed by atoms with E-state index >= 15 is 0 Å². The Morgan fingerprint density at radius 1 is 1.16 bits per heavy atom. The van der Waals surface area contributed by atoms with Crippen LogP contribution >= 0.6 is 0 Å². The van der Waals surface area contributed by atoms with E-state index in [0.717, 1.165) is 23.2 Å². The first-order chi connectivity index (χ1) is 9.22. The van der Waals surface area contributed by atoms with Crippen LogP contribution in [-0.4, -0.2) is 5.11 Å². The van der Waals surface area contributed by atoms with Crippen molar-refractivity contribution in [1.82, 2.24) is 0 Å². The molecule has 0 radical (unpaired) electrons. The molecular formula is C16H18FNO. The van der Waals surface area contributed by atoms with Crippen molar-refractivity contribution in [3.63, 3.8) is 0 Å². The summed E-state index contributed by atoms with van der Waals surface area (Å²) in [4.78, 5) is 0. The lowest BCUT2D eigenvalue weighted by molar-refractivity contribution is 0.282. The number of nitrogens with one attached hydrogen (secondary N) is 1. The molecule has 2 nitrogen and oxygen atoms in total. The van der Waals surface area contributed by atoms with E-state index in [4.69, 9.17) is 5.11 Å². The van der Waals surface area contributed by atoms with Crippen molar-refractivity contribution in [2.75, 3.05) is 5.32 Å². The van der Waals surface area contributed by atoms with Gasteiger partial charge >= 0.3 is 0 Å². The first kappa shape index (κ1) is 13.6. The Hall–Kier alpha value is -1.87. The van der Waals surface area contributed by atoms with Gasteiger partial charge in [0.05, 0.1) is 12.6 Å². The predicted molar refractivity (Wildman–Crippen MR) is 75.4 cm³/mol. The second-order valence-corrected chi connectivity index (χ2v) is 4.52. The van der Waals surface area contributed by atoms with Gasteiger partial charge in [-0.25, -0.2) is 4.39 Å². The summed E-state index contributed by atoms with van der Waals surface area (Å²) in [6, 6.07) is 14.3. The number of aliphatic hydroxyl groups is 1. The summed E-state index contributed by atoms with van der Waals surface area (Å²) < 4.78 is 13.2. The topological polar surface area (TPSA) is 32.3 Å². The molecule has 0 aliphatic carbocycles. The van der Waals surface area contributed by atoms with Gasteiger partial charge in [-0.2, -0.15) is 0 Å². The Morgan fingerprint density at radius 2 is 1.89 bits per heavy atom. The van der Waals surface area contributed by atoms with Gasteiger partial charge in [0, 0.05) is 5.69 Å². The smallest absolute Gasteiger partial charge is 0.123 e. The molecule has 0 heterocycles. The van der Waals surface area contributed by atoms with Crippen LogP contribution in [0.5, 0.6) is 0 Å². The Bertz CT molecular complexity index is 525. The molecule has 2 N–H and O–H groups in total. The van der Waals surface area contributed by atoms with Crippen LogP contribution in [0.2, 0.25) is 0 Å². The van der Waals surface area contributed by atoms with E-state index in [1.807, 2.05) is 30.3 Å². The summed E-state index contributed by atoms with van der Waals surface area (Å²) in [7, 11) is 0. The normalized spacial score (nSPS) is 12.2. The van der Waals surface area contributed by atoms with Crippen LogP contribution in [0.15, 0.2) is 48.5 Å². The molecule has 1 atom stereocenters. The summed E-state index contributed by atoms with van der Waals surface area (Å²) >= 11 is 0. The van der Waals surface area contributed by atoms with Crippen LogP contribution in [-0.2, 0) is 6.61 Å². The van der Waals surface area contributed by atoms with E-state index in [1.165, 1.54) is 6.07 Å². The molecule has 100 valence electrons. The lowest BCUT2D eigenvalue weighted by Crippen LogP contribution is -2.09. The maximum atomic E-state index is 13.2. The van der Waals surface area contributed by atoms with Gasteiger partial charge in [0.15, 0.2) is 0 Å². The van der Waals surface area contributed by atoms with Crippen LogP contribution in [0.25, 0.3) is 0 Å². The fourth-order valence-electron chi connectivity index (χ4n) is 2.05. The molecule has 2 aromatic rings. The van der Waals surface area contributed by atoms with Gasteiger partial charge < -0.3 is 10.4 Å². The summed E-state index contributed by atoms with van der Waals surface area (Å²) in [6.07, 6.45) is 0.866. The van der Waals surface area contributed by atoms with Crippen molar-refractivity contribution in [3.8, 4) is 0 Å². The molecule has 0 bridgehead atoms. The SMILES string of the molecule is CCC(Nc1ccc(CO)cc1)c1cccc(F)c1. The quantitative estimate of drug-likeness (QED) is 0.854. The average Bonchev–Trinajstić information content (AvgIpc) is 2.45. The number of rotatable bonds is 5. The van der Waals surface area contributed by atoms with E-state index in [-0.39, 0.29) is 18.5 Å². The second kappa shape index (κ2) is 6.34. The van der Waals surface area contributed by atoms with Gasteiger partial charge in [-0.1, -0.05) is 31.2 Å². The minimum absolute atomic E-state index is 0.0430. The molecule has 0 spiro atoms. The largest absolute Gasteiger partial charge is 0.392 e. The highest BCUT2D eigenvalue weighted by Gasteiger charge is 2.09. The molecule has 0 aliphatic heterocycles. The summed E-state index contributed by atoms with van der Waals surface area (Å²) in [5, 5.41) is 12.4. The molecule has 1 unspecified atom stereocenters. The van der Waals surface area contributed by atoms with Crippen LogP contribution in [0.3, 0.4) is 0 Å². The minimum atomic E-state index is -0.214. The van der Waals surface area contributed by atoms with E-state index < -0.39 is 0 Å². The number of hydrogen-bond acceptors (Lipinski definition) is 2. The van der Waals surface area contributed by atoms with Crippen molar-refractivity contribution in [2.45, 2.75) is 26.0 Å². The molecule has 0 aromatic heterocycles. The number of benzene rings is 2. The summed E-state index contributed by atoms with van der Waals surface area (Å²) in [6.45, 7) is 2.10. The van der Waals surface area contributed by atoms with Crippen LogP contribution in [0, 0.1) is 5.82 Å². The Morgan fingerprint density at radius 3 is 2.47 bits per heavy atom. The van der Waals surface area contributed by atoms with Crippen molar-refractivity contribution >= 4 is 5.69 Å². The van der Waals surface area contributed by atoms with Crippen molar-refractivity contribution < 1.29 is 9.50 Å². The second-order valence-electron chi connectivity index (χ2n) is 4.52. The predicted octanol–water partition coefficient (Wildman–Crippen LogP) is 3.88. The van der Waals surface area contributed by atoms with E-state index in [9.17, 15) is 4.39 Å². The minimum Gasteiger partial charge on any atom is -0.392 e. The van der Waals surface area contributed by atoms with Gasteiger partial charge in [-0.05, 0) is 41.8 Å². The molecule has 0 saturated heterocycles. The summed E-state index contributed by atoms with van der Waals surface area (Å²) in [5.74, 6) is -0.214. The maximum Gasteiger partial charge on any atom is 0.123 e. The standard InChI is InChI=1S/C16H18FNO/c1-2-16(13-4-3-5-14(17)10-13)18-15-8-6-12(11-19)7-9-15/h3-10,16,18-19H,2,11H2,1H3. The third kappa shape index (κ3) is 3.55. The zero-order chi connectivity index (χ0) is 13.7. The van der Waals surface area contributed by atoms with Crippen LogP contribution in [0.1, 0.15) is 30.5 Å². The molecule has 3 heteroatoms. The summed E-state index contributed by atoms with van der Waals surface area (Å²) in [5.41, 5.74) is 2.78. The third-order valence-electron chi connectivity index (χ3n) is 3.14. The Balaban J connectivity index is 2.14. The monoisotopic (exact) mass is 259 g/mol. The van der Waals surface area contributed by atoms with Crippen molar-refractivity contribution in [1.29, 1.82) is 0 Å². The fraction of sp³-hybridized carbons (Fsp3) is 0.250. The molecule has 2 rings (SSSR count). The van der Waals surface area contributed by atoms with Crippen molar-refractivity contribution in [2.24, 2.45) is 0 Å². The number of anilines is 1. The molecule has 0 aliphatic rings. The molecular weight excluding hydrogens is 241 g/mol. The van der Waals surface area contributed by atoms with Crippen LogP contribution in [0.4, 0.5) is 10.1 Å². The highest BCUT2D eigenvalue weighted by molar-refractivity contribution is 5.46. The highest BCUT2D eigenvalue weighted by atomic mass is 19.1. The Labute approximate surface area is 112 Å². The zero-order valence-electron chi connectivity index (χ0n) is 10.9. The molecule has 19 heavy (non-hydrogen) atoms. The average molecular weight is 259 g/mol.